The molecule has 8 heteroatoms. The van der Waals surface area contributed by atoms with Gasteiger partial charge >= 0.3 is 5.97 Å². The number of amides is 1. The molecule has 0 aliphatic carbocycles. The Balaban J connectivity index is 2.14. The predicted molar refractivity (Wildman–Crippen MR) is 111 cm³/mol. The number of esters is 1. The van der Waals surface area contributed by atoms with Crippen molar-refractivity contribution >= 4 is 21.9 Å². The van der Waals surface area contributed by atoms with Gasteiger partial charge in [-0.05, 0) is 50.3 Å². The summed E-state index contributed by atoms with van der Waals surface area (Å²) in [4.78, 5) is 27.0. The van der Waals surface area contributed by atoms with Gasteiger partial charge in [0.25, 0.3) is 5.91 Å². The van der Waals surface area contributed by atoms with Crippen molar-refractivity contribution in [3.05, 3.63) is 29.3 Å². The minimum absolute atomic E-state index is 0.0483. The van der Waals surface area contributed by atoms with Crippen molar-refractivity contribution in [2.45, 2.75) is 64.3 Å². The van der Waals surface area contributed by atoms with Crippen molar-refractivity contribution in [3.8, 4) is 0 Å². The molecule has 0 N–H and O–H groups in total. The molecule has 1 atom stereocenters. The van der Waals surface area contributed by atoms with Crippen LogP contribution in [0.15, 0.2) is 23.1 Å². The molecule has 0 aromatic heterocycles. The van der Waals surface area contributed by atoms with Crippen LogP contribution in [0.5, 0.6) is 0 Å². The Morgan fingerprint density at radius 1 is 1.17 bits per heavy atom. The van der Waals surface area contributed by atoms with E-state index in [-0.39, 0.29) is 29.0 Å². The number of nitrogens with zero attached hydrogens (tertiary/aromatic N) is 2. The summed E-state index contributed by atoms with van der Waals surface area (Å²) < 4.78 is 32.1. The molecule has 1 aromatic rings. The van der Waals surface area contributed by atoms with E-state index in [9.17, 15) is 18.0 Å². The maximum atomic E-state index is 12.7. The average molecular weight is 425 g/mol. The van der Waals surface area contributed by atoms with Gasteiger partial charge in [0.05, 0.1) is 10.5 Å². The van der Waals surface area contributed by atoms with E-state index in [0.29, 0.717) is 25.2 Å². The quantitative estimate of drug-likeness (QED) is 0.599. The summed E-state index contributed by atoms with van der Waals surface area (Å²) in [5.74, 6) is -0.882. The van der Waals surface area contributed by atoms with Crippen LogP contribution in [0.2, 0.25) is 0 Å². The molecule has 0 unspecified atom stereocenters. The third-order valence-electron chi connectivity index (χ3n) is 5.52. The van der Waals surface area contributed by atoms with Crippen LogP contribution in [0.25, 0.3) is 0 Å². The van der Waals surface area contributed by atoms with Crippen LogP contribution in [0, 0.1) is 6.92 Å². The van der Waals surface area contributed by atoms with Gasteiger partial charge in [-0.1, -0.05) is 26.8 Å². The summed E-state index contributed by atoms with van der Waals surface area (Å²) in [6, 6.07) is 4.61. The van der Waals surface area contributed by atoms with E-state index in [1.807, 2.05) is 6.92 Å². The van der Waals surface area contributed by atoms with Crippen molar-refractivity contribution in [2.75, 3.05) is 26.2 Å². The van der Waals surface area contributed by atoms with Crippen molar-refractivity contribution in [1.82, 2.24) is 9.21 Å². The Labute approximate surface area is 174 Å². The molecule has 1 amide bonds. The van der Waals surface area contributed by atoms with Gasteiger partial charge in [-0.15, -0.1) is 0 Å². The van der Waals surface area contributed by atoms with Crippen LogP contribution in [-0.4, -0.2) is 61.8 Å². The first-order chi connectivity index (χ1) is 13.8. The monoisotopic (exact) mass is 424 g/mol. The summed E-state index contributed by atoms with van der Waals surface area (Å²) in [5, 5.41) is 0. The lowest BCUT2D eigenvalue weighted by molar-refractivity contribution is -0.138. The van der Waals surface area contributed by atoms with Crippen LogP contribution in [0.4, 0.5) is 0 Å². The molecule has 29 heavy (non-hydrogen) atoms. The zero-order valence-electron chi connectivity index (χ0n) is 17.8. The van der Waals surface area contributed by atoms with Crippen LogP contribution in [0.1, 0.15) is 62.4 Å². The summed E-state index contributed by atoms with van der Waals surface area (Å²) in [5.41, 5.74) is 0.766. The lowest BCUT2D eigenvalue weighted by atomic mass is 10.00. The maximum Gasteiger partial charge on any atom is 0.338 e. The largest absolute Gasteiger partial charge is 0.452 e. The summed E-state index contributed by atoms with van der Waals surface area (Å²) >= 11 is 0. The zero-order chi connectivity index (χ0) is 21.6. The topological polar surface area (TPSA) is 84.0 Å². The highest BCUT2D eigenvalue weighted by molar-refractivity contribution is 7.89. The number of sulfonamides is 1. The van der Waals surface area contributed by atoms with Gasteiger partial charge in [0.15, 0.2) is 6.61 Å². The molecule has 162 valence electrons. The van der Waals surface area contributed by atoms with E-state index < -0.39 is 16.0 Å². The number of ether oxygens (including phenoxy) is 1. The van der Waals surface area contributed by atoms with E-state index in [1.165, 1.54) is 16.4 Å². The van der Waals surface area contributed by atoms with Crippen molar-refractivity contribution in [3.63, 3.8) is 0 Å². The fourth-order valence-corrected chi connectivity index (χ4v) is 5.22. The number of carbonyl (C=O) groups excluding carboxylic acids is 2. The van der Waals surface area contributed by atoms with E-state index in [1.54, 1.807) is 31.7 Å². The lowest BCUT2D eigenvalue weighted by Gasteiger charge is -2.35. The van der Waals surface area contributed by atoms with Crippen LogP contribution < -0.4 is 0 Å². The van der Waals surface area contributed by atoms with Crippen LogP contribution in [0.3, 0.4) is 0 Å². The number of hydrogen-bond acceptors (Lipinski definition) is 5. The van der Waals surface area contributed by atoms with Crippen molar-refractivity contribution < 1.29 is 22.7 Å². The second-order valence-corrected chi connectivity index (χ2v) is 9.23. The number of piperidine rings is 1. The lowest BCUT2D eigenvalue weighted by Crippen LogP contribution is -2.45. The Morgan fingerprint density at radius 2 is 1.86 bits per heavy atom. The van der Waals surface area contributed by atoms with Gasteiger partial charge in [0.2, 0.25) is 10.0 Å². The first-order valence-electron chi connectivity index (χ1n) is 10.3. The smallest absolute Gasteiger partial charge is 0.338 e. The number of hydrogen-bond donors (Lipinski definition) is 0. The second kappa shape index (κ2) is 10.2. The number of benzene rings is 1. The SMILES string of the molecule is CC[C@@H]1CCCCN1C(=O)COC(=O)c1cc(S(=O)(=O)N(CC)CC)ccc1C. The molecule has 1 heterocycles. The number of rotatable bonds is 8. The fourth-order valence-electron chi connectivity index (χ4n) is 3.74. The highest BCUT2D eigenvalue weighted by Crippen LogP contribution is 2.22. The molecule has 2 rings (SSSR count). The van der Waals surface area contributed by atoms with Gasteiger partial charge in [-0.25, -0.2) is 13.2 Å². The van der Waals surface area contributed by atoms with Gasteiger partial charge in [0.1, 0.15) is 0 Å². The highest BCUT2D eigenvalue weighted by Gasteiger charge is 2.27. The third-order valence-corrected chi connectivity index (χ3v) is 7.56. The normalized spacial score (nSPS) is 17.4. The third kappa shape index (κ3) is 5.36. The molecule has 1 saturated heterocycles. The van der Waals surface area contributed by atoms with Crippen LogP contribution >= 0.6 is 0 Å². The molecule has 1 aliphatic heterocycles. The summed E-state index contributed by atoms with van der Waals surface area (Å²) in [6.45, 7) is 8.33. The molecule has 1 aliphatic rings. The number of likely N-dealkylation sites (tertiary alicyclic amines) is 1. The minimum atomic E-state index is -3.68. The summed E-state index contributed by atoms with van der Waals surface area (Å²) in [7, 11) is -3.68. The fraction of sp³-hybridized carbons (Fsp3) is 0.619. The molecule has 7 nitrogen and oxygen atoms in total. The molecule has 0 radical (unpaired) electrons. The van der Waals surface area contributed by atoms with E-state index >= 15 is 0 Å². The van der Waals surface area contributed by atoms with E-state index in [0.717, 1.165) is 25.7 Å². The molecule has 0 saturated carbocycles. The standard InChI is InChI=1S/C21H32N2O5S/c1-5-17-10-8-9-13-23(17)20(24)15-28-21(25)19-14-18(12-11-16(19)4)29(26,27)22(6-2)7-3/h11-12,14,17H,5-10,13,15H2,1-4H3/t17-/m1/s1. The van der Waals surface area contributed by atoms with Gasteiger partial charge in [-0.3, -0.25) is 4.79 Å². The Hall–Kier alpha value is -1.93. The Bertz CT molecular complexity index is 833. The molecule has 0 spiro atoms. The van der Waals surface area contributed by atoms with Gasteiger partial charge in [0, 0.05) is 25.7 Å². The Morgan fingerprint density at radius 3 is 2.48 bits per heavy atom. The zero-order valence-corrected chi connectivity index (χ0v) is 18.6. The maximum absolute atomic E-state index is 12.7. The second-order valence-electron chi connectivity index (χ2n) is 7.29. The van der Waals surface area contributed by atoms with E-state index in [2.05, 4.69) is 0 Å². The van der Waals surface area contributed by atoms with Crippen molar-refractivity contribution in [1.29, 1.82) is 0 Å². The number of carbonyl (C=O) groups is 2. The van der Waals surface area contributed by atoms with Crippen LogP contribution in [-0.2, 0) is 19.6 Å². The minimum Gasteiger partial charge on any atom is -0.452 e. The predicted octanol–water partition coefficient (Wildman–Crippen LogP) is 2.97. The number of aryl methyl sites for hydroxylation is 1. The molecule has 1 fully saturated rings. The Kier molecular flexibility index (Phi) is 8.22. The summed E-state index contributed by atoms with van der Waals surface area (Å²) in [6.07, 6.45) is 3.92. The first-order valence-corrected chi connectivity index (χ1v) is 11.8. The van der Waals surface area contributed by atoms with Crippen molar-refractivity contribution in [2.24, 2.45) is 0 Å². The molecule has 0 bridgehead atoms. The molecular weight excluding hydrogens is 392 g/mol. The molecular formula is C21H32N2O5S. The van der Waals surface area contributed by atoms with E-state index in [4.69, 9.17) is 4.74 Å². The molecule has 1 aromatic carbocycles. The van der Waals surface area contributed by atoms with Gasteiger partial charge in [-0.2, -0.15) is 4.31 Å². The van der Waals surface area contributed by atoms with Gasteiger partial charge < -0.3 is 9.64 Å². The first kappa shape index (κ1) is 23.3. The highest BCUT2D eigenvalue weighted by atomic mass is 32.2. The average Bonchev–Trinajstić information content (AvgIpc) is 2.72.